The minimum atomic E-state index is -0.263. The van der Waals surface area contributed by atoms with Crippen LogP contribution in [0, 0.1) is 11.8 Å². The summed E-state index contributed by atoms with van der Waals surface area (Å²) in [5.74, 6) is 1.66. The van der Waals surface area contributed by atoms with Crippen molar-refractivity contribution in [3.05, 3.63) is 46.2 Å². The van der Waals surface area contributed by atoms with E-state index in [0.717, 1.165) is 83.3 Å². The molecule has 12 heteroatoms. The Labute approximate surface area is 612 Å². The second kappa shape index (κ2) is 49.7. The van der Waals surface area contributed by atoms with E-state index in [-0.39, 0.29) is 11.9 Å². The van der Waals surface area contributed by atoms with Crippen molar-refractivity contribution < 1.29 is 19.1 Å². The molecule has 98 heavy (non-hydrogen) atoms. The molecule has 7 rings (SSSR count). The van der Waals surface area contributed by atoms with E-state index in [4.69, 9.17) is 27.0 Å². The van der Waals surface area contributed by atoms with Crippen LogP contribution in [0.3, 0.4) is 0 Å². The van der Waals surface area contributed by atoms with Gasteiger partial charge in [-0.2, -0.15) is 17.5 Å². The maximum atomic E-state index is 14.8. The number of nitrogens with zero attached hydrogens (tertiary/aromatic N) is 4. The highest BCUT2D eigenvalue weighted by atomic mass is 32.1. The smallest absolute Gasteiger partial charge is 0.311 e. The first-order chi connectivity index (χ1) is 48.3. The fraction of sp³-hybridized carbons (Fsp3) is 0.721. The third kappa shape index (κ3) is 28.4. The van der Waals surface area contributed by atoms with Gasteiger partial charge in [-0.15, -0.1) is 22.7 Å². The molecule has 2 atom stereocenters. The maximum Gasteiger partial charge on any atom is 0.311 e. The van der Waals surface area contributed by atoms with E-state index in [1.807, 2.05) is 0 Å². The van der Waals surface area contributed by atoms with E-state index >= 15 is 0 Å². The highest BCUT2D eigenvalue weighted by molar-refractivity contribution is 7.14. The number of hydrogen-bond acceptors (Lipinski definition) is 12. The molecule has 4 heterocycles. The number of hydrogen-bond donors (Lipinski definition) is 0. The molecule has 0 fully saturated rings. The normalized spacial score (nSPS) is 12.6. The van der Waals surface area contributed by atoms with Gasteiger partial charge in [0.05, 0.1) is 34.2 Å². The van der Waals surface area contributed by atoms with Crippen LogP contribution >= 0.6 is 46.1 Å². The second-order valence-electron chi connectivity index (χ2n) is 29.8. The largest absolute Gasteiger partial charge is 0.425 e. The van der Waals surface area contributed by atoms with Crippen molar-refractivity contribution in [2.45, 2.75) is 388 Å². The van der Waals surface area contributed by atoms with Crippen molar-refractivity contribution in [1.82, 2.24) is 17.5 Å². The predicted molar refractivity (Wildman–Crippen MR) is 430 cm³/mol. The Morgan fingerprint density at radius 3 is 0.867 bits per heavy atom. The van der Waals surface area contributed by atoms with Crippen molar-refractivity contribution in [3.63, 3.8) is 0 Å². The molecule has 8 nitrogen and oxygen atoms in total. The third-order valence-electron chi connectivity index (χ3n) is 21.2. The molecular formula is C86H134N4O4S4. The van der Waals surface area contributed by atoms with Crippen LogP contribution in [-0.2, 0) is 22.4 Å². The predicted octanol–water partition coefficient (Wildman–Crippen LogP) is 30.0. The van der Waals surface area contributed by atoms with E-state index in [2.05, 4.69) is 76.6 Å². The van der Waals surface area contributed by atoms with Crippen molar-refractivity contribution in [2.24, 2.45) is 11.8 Å². The molecule has 3 aromatic carbocycles. The van der Waals surface area contributed by atoms with E-state index in [0.29, 0.717) is 68.8 Å². The molecule has 0 amide bonds. The third-order valence-corrected chi connectivity index (χ3v) is 24.3. The zero-order valence-corrected chi connectivity index (χ0v) is 66.1. The van der Waals surface area contributed by atoms with Gasteiger partial charge < -0.3 is 9.47 Å². The molecule has 546 valence electrons. The van der Waals surface area contributed by atoms with Crippen LogP contribution in [0.5, 0.6) is 11.5 Å². The van der Waals surface area contributed by atoms with Crippen molar-refractivity contribution in [3.8, 4) is 32.4 Å². The Balaban J connectivity index is 1.29. The molecule has 0 radical (unpaired) electrons. The van der Waals surface area contributed by atoms with Crippen LogP contribution in [0.4, 0.5) is 0 Å². The van der Waals surface area contributed by atoms with Crippen molar-refractivity contribution in [2.75, 3.05) is 0 Å². The molecular weight excluding hydrogens is 1280 g/mol. The molecule has 0 saturated carbocycles. The average Bonchev–Trinajstić information content (AvgIpc) is 1.28. The summed E-state index contributed by atoms with van der Waals surface area (Å²) in [6.45, 7) is 13.8. The van der Waals surface area contributed by atoms with Crippen LogP contribution in [-0.4, -0.2) is 29.4 Å². The van der Waals surface area contributed by atoms with Crippen LogP contribution in [0.1, 0.15) is 387 Å². The summed E-state index contributed by atoms with van der Waals surface area (Å²) in [7, 11) is 0. The van der Waals surface area contributed by atoms with E-state index in [1.165, 1.54) is 317 Å². The molecule has 0 aliphatic rings. The minimum Gasteiger partial charge on any atom is -0.425 e. The first-order valence-electron chi connectivity index (χ1n) is 41.2. The van der Waals surface area contributed by atoms with Gasteiger partial charge in [-0.25, -0.2) is 0 Å². The van der Waals surface area contributed by atoms with Gasteiger partial charge in [0.15, 0.2) is 0 Å². The monoisotopic (exact) mass is 1410 g/mol. The summed E-state index contributed by atoms with van der Waals surface area (Å²) < 4.78 is 34.5. The van der Waals surface area contributed by atoms with Crippen LogP contribution < -0.4 is 9.47 Å². The highest BCUT2D eigenvalue weighted by Gasteiger charge is 2.30. The molecule has 0 N–H and O–H groups in total. The van der Waals surface area contributed by atoms with Crippen LogP contribution in [0.15, 0.2) is 35.0 Å². The highest BCUT2D eigenvalue weighted by Crippen LogP contribution is 2.52. The lowest BCUT2D eigenvalue weighted by Crippen LogP contribution is -2.11. The molecule has 0 bridgehead atoms. The standard InChI is InChI=1S/C86H134N4O4S4/c1-7-13-19-25-31-35-39-45-51-57-77(91)93-85-73-63-71(75-61-69(65-95-75)59-67(53-47-41-29-23-17-11-5)55-49-43-37-33-27-21-15-9-3)82-84(90-98-88-82)80(73)86(94-78(92)58-52-46-40-36-32-26-20-14-8-2)74-64-72(81-83(79(74)85)89-97-87-81)76-62-70(66-96-76)60-68(54-48-42-30-24-18-12-6)56-50-44-38-34-28-22-16-10-4/h61-68H,7-60H2,1-6H3. The molecule has 0 spiro atoms. The lowest BCUT2D eigenvalue weighted by atomic mass is 9.89. The van der Waals surface area contributed by atoms with Gasteiger partial charge in [0, 0.05) is 44.5 Å². The number of thiophene rings is 2. The molecule has 0 aliphatic carbocycles. The van der Waals surface area contributed by atoms with Gasteiger partial charge in [0.1, 0.15) is 33.6 Å². The molecule has 7 aromatic rings. The first-order valence-corrected chi connectivity index (χ1v) is 44.4. The summed E-state index contributed by atoms with van der Waals surface area (Å²) in [5.41, 5.74) is 7.58. The number of benzene rings is 3. The molecule has 2 unspecified atom stereocenters. The molecule has 0 saturated heterocycles. The van der Waals surface area contributed by atoms with Gasteiger partial charge in [-0.05, 0) is 83.7 Å². The zero-order chi connectivity index (χ0) is 69.0. The number of carbonyl (C=O) groups is 2. The maximum absolute atomic E-state index is 14.8. The number of unbranched alkanes of at least 4 members (excludes halogenated alkanes) is 40. The summed E-state index contributed by atoms with van der Waals surface area (Å²) in [5, 5.41) is 7.48. The number of rotatable bonds is 60. The van der Waals surface area contributed by atoms with E-state index < -0.39 is 0 Å². The summed E-state index contributed by atoms with van der Waals surface area (Å²) in [4.78, 5) is 31.8. The number of fused-ring (bicyclic) bond motifs is 6. The summed E-state index contributed by atoms with van der Waals surface area (Å²) in [6.07, 6.45) is 66.1. The SMILES string of the molecule is CCCCCCCCCCCC(=O)Oc1c2cc(-c3cc(CC(CCCCCCCC)CCCCCCCCCC)cs3)c3nsnc3c2c(OC(=O)CCCCCCCCCCC)c2cc(-c3cc(CC(CCCCCCCC)CCCCCCCCCC)cs3)c3nsnc3c12. The Morgan fingerprint density at radius 1 is 0.327 bits per heavy atom. The van der Waals surface area contributed by atoms with Crippen molar-refractivity contribution >= 4 is 102 Å². The second-order valence-corrected chi connectivity index (χ2v) is 32.7. The zero-order valence-electron chi connectivity index (χ0n) is 62.9. The lowest BCUT2D eigenvalue weighted by molar-refractivity contribution is -0.135. The Hall–Kier alpha value is -3.84. The fourth-order valence-corrected chi connectivity index (χ4v) is 18.2. The summed E-state index contributed by atoms with van der Waals surface area (Å²) >= 11 is 5.96. The van der Waals surface area contributed by atoms with Gasteiger partial charge in [0.25, 0.3) is 0 Å². The number of esters is 2. The van der Waals surface area contributed by atoms with Crippen molar-refractivity contribution in [1.29, 1.82) is 0 Å². The van der Waals surface area contributed by atoms with Gasteiger partial charge in [0.2, 0.25) is 0 Å². The fourth-order valence-electron chi connectivity index (χ4n) is 15.2. The number of carbonyl (C=O) groups excluding carboxylic acids is 2. The first kappa shape index (κ1) is 81.5. The quantitative estimate of drug-likeness (QED) is 0.0161. The van der Waals surface area contributed by atoms with E-state index in [1.54, 1.807) is 22.7 Å². The van der Waals surface area contributed by atoms with Gasteiger partial charge >= 0.3 is 11.9 Å². The number of aromatic nitrogens is 4. The van der Waals surface area contributed by atoms with Gasteiger partial charge in [-0.1, -0.05) is 350 Å². The number of ether oxygens (including phenoxy) is 2. The Kier molecular flexibility index (Phi) is 41.3. The topological polar surface area (TPSA) is 104 Å². The van der Waals surface area contributed by atoms with Gasteiger partial charge in [-0.3, -0.25) is 9.59 Å². The molecule has 0 aliphatic heterocycles. The average molecular weight is 1420 g/mol. The van der Waals surface area contributed by atoms with Crippen LogP contribution in [0.25, 0.3) is 64.5 Å². The molecule has 4 aromatic heterocycles. The lowest BCUT2D eigenvalue weighted by Gasteiger charge is -2.19. The van der Waals surface area contributed by atoms with E-state index in [9.17, 15) is 9.59 Å². The minimum absolute atomic E-state index is 0.263. The summed E-state index contributed by atoms with van der Waals surface area (Å²) in [6, 6.07) is 9.18. The Bertz CT molecular complexity index is 3050. The Morgan fingerprint density at radius 2 is 0.582 bits per heavy atom. The van der Waals surface area contributed by atoms with Crippen LogP contribution in [0.2, 0.25) is 0 Å².